The van der Waals surface area contributed by atoms with Crippen LogP contribution in [-0.4, -0.2) is 94.9 Å². The van der Waals surface area contributed by atoms with Crippen LogP contribution < -0.4 is 32.7 Å². The lowest BCUT2D eigenvalue weighted by Gasteiger charge is -2.31. The van der Waals surface area contributed by atoms with Gasteiger partial charge in [-0.3, -0.25) is 28.8 Å². The number of carbonyl (C=O) groups is 6. The Morgan fingerprint density at radius 2 is 1.55 bits per heavy atom. The summed E-state index contributed by atoms with van der Waals surface area (Å²) >= 11 is 0. The van der Waals surface area contributed by atoms with Crippen molar-refractivity contribution in [3.05, 3.63) is 35.9 Å². The smallest absolute Gasteiger partial charge is 0.325 e. The lowest BCUT2D eigenvalue weighted by molar-refractivity contribution is -0.142. The molecule has 274 valence electrons. The Bertz CT molecular complexity index is 1260. The van der Waals surface area contributed by atoms with Crippen molar-refractivity contribution in [3.8, 4) is 0 Å². The number of nitrogens with two attached hydrogens (primary N) is 2. The first-order chi connectivity index (χ1) is 23.2. The molecular weight excluding hydrogens is 630 g/mol. The number of carbonyl (C=O) groups excluding carboxylic acids is 5. The number of nitrogens with zero attached hydrogens (tertiary/aromatic N) is 1. The van der Waals surface area contributed by atoms with Crippen molar-refractivity contribution in [2.45, 2.75) is 122 Å². The van der Waals surface area contributed by atoms with Crippen molar-refractivity contribution < 1.29 is 33.9 Å². The molecule has 0 spiro atoms. The fourth-order valence-electron chi connectivity index (χ4n) is 5.80. The van der Waals surface area contributed by atoms with E-state index in [0.717, 1.165) is 5.56 Å². The van der Waals surface area contributed by atoms with Gasteiger partial charge in [-0.1, -0.05) is 64.4 Å². The number of carboxylic acids is 1. The van der Waals surface area contributed by atoms with E-state index < -0.39 is 65.8 Å². The molecule has 7 atom stereocenters. The summed E-state index contributed by atoms with van der Waals surface area (Å²) in [5.74, 6) is -4.19. The van der Waals surface area contributed by atoms with Crippen LogP contribution in [0, 0.1) is 11.8 Å². The molecule has 0 radical (unpaired) electrons. The first kappa shape index (κ1) is 41.1. The quantitative estimate of drug-likeness (QED) is 0.0962. The minimum atomic E-state index is -1.22. The maximum Gasteiger partial charge on any atom is 0.325 e. The van der Waals surface area contributed by atoms with Crippen LogP contribution in [0.15, 0.2) is 30.3 Å². The molecule has 1 aromatic carbocycles. The normalized spacial score (nSPS) is 18.0. The van der Waals surface area contributed by atoms with Gasteiger partial charge in [0.2, 0.25) is 29.5 Å². The highest BCUT2D eigenvalue weighted by atomic mass is 16.4. The second-order valence-corrected chi connectivity index (χ2v) is 13.5. The van der Waals surface area contributed by atoms with Gasteiger partial charge in [0.05, 0.1) is 6.04 Å². The number of nitrogens with one attached hydrogen (secondary N) is 4. The molecule has 2 rings (SSSR count). The van der Waals surface area contributed by atoms with Gasteiger partial charge in [0.15, 0.2) is 0 Å². The van der Waals surface area contributed by atoms with E-state index in [4.69, 9.17) is 11.5 Å². The minimum absolute atomic E-state index is 0.000575. The molecule has 0 saturated carbocycles. The van der Waals surface area contributed by atoms with E-state index in [9.17, 15) is 33.9 Å². The molecule has 0 aromatic heterocycles. The molecule has 1 aliphatic rings. The molecule has 0 unspecified atom stereocenters. The van der Waals surface area contributed by atoms with E-state index in [1.807, 2.05) is 51.1 Å². The van der Waals surface area contributed by atoms with Crippen LogP contribution in [0.25, 0.3) is 0 Å². The number of rotatable bonds is 20. The van der Waals surface area contributed by atoms with E-state index in [2.05, 4.69) is 21.3 Å². The van der Waals surface area contributed by atoms with Crippen LogP contribution >= 0.6 is 0 Å². The van der Waals surface area contributed by atoms with Crippen LogP contribution in [0.3, 0.4) is 0 Å². The van der Waals surface area contributed by atoms with Gasteiger partial charge in [0.1, 0.15) is 30.2 Å². The molecule has 0 bridgehead atoms. The number of carboxylic acid groups (broad SMARTS) is 1. The number of unbranched alkanes of at least 4 members (excludes halogenated alkanes) is 1. The van der Waals surface area contributed by atoms with Gasteiger partial charge in [-0.05, 0) is 75.8 Å². The number of likely N-dealkylation sites (tertiary alicyclic amines) is 1. The van der Waals surface area contributed by atoms with Crippen molar-refractivity contribution in [3.63, 3.8) is 0 Å². The molecule has 0 aliphatic carbocycles. The molecule has 14 heteroatoms. The predicted octanol–water partition coefficient (Wildman–Crippen LogP) is 0.812. The summed E-state index contributed by atoms with van der Waals surface area (Å²) in [7, 11) is 0. The third-order valence-electron chi connectivity index (χ3n) is 8.90. The van der Waals surface area contributed by atoms with Crippen molar-refractivity contribution >= 4 is 35.5 Å². The van der Waals surface area contributed by atoms with E-state index in [0.29, 0.717) is 51.6 Å². The largest absolute Gasteiger partial charge is 0.480 e. The Balaban J connectivity index is 2.19. The zero-order valence-electron chi connectivity index (χ0n) is 29.6. The summed E-state index contributed by atoms with van der Waals surface area (Å²) < 4.78 is 0. The molecule has 49 heavy (non-hydrogen) atoms. The van der Waals surface area contributed by atoms with Crippen LogP contribution in [0.2, 0.25) is 0 Å². The Hall–Kier alpha value is -4.04. The zero-order chi connectivity index (χ0) is 36.7. The standard InChI is InChI=1S/C35H57N7O7/c1-6-22(4)29(33(46)39-26(15-10-11-17-36)30(43)38-23(5)35(48)49)41-31(44)27(19-21(2)3)40-32(45)28-16-12-18-42(28)34(47)25(37)20-24-13-8-7-9-14-24/h7-9,13-14,21-23,25-29H,6,10-12,15-20,36-37H2,1-5H3,(H,38,43)(H,39,46)(H,40,45)(H,41,44)(H,48,49)/t22-,23-,25-,26-,27-,28-,29-/m0/s1. The van der Waals surface area contributed by atoms with Crippen molar-refractivity contribution in [1.82, 2.24) is 26.2 Å². The predicted molar refractivity (Wildman–Crippen MR) is 186 cm³/mol. The Kier molecular flexibility index (Phi) is 17.2. The minimum Gasteiger partial charge on any atom is -0.480 e. The van der Waals surface area contributed by atoms with Crippen LogP contribution in [0.4, 0.5) is 0 Å². The van der Waals surface area contributed by atoms with Crippen LogP contribution in [0.1, 0.15) is 85.1 Å². The second kappa shape index (κ2) is 20.5. The Labute approximate surface area is 289 Å². The maximum atomic E-state index is 13.8. The third-order valence-corrected chi connectivity index (χ3v) is 8.90. The molecule has 1 fully saturated rings. The number of aliphatic carboxylic acids is 1. The monoisotopic (exact) mass is 687 g/mol. The van der Waals surface area contributed by atoms with Gasteiger partial charge in [-0.15, -0.1) is 0 Å². The average Bonchev–Trinajstić information content (AvgIpc) is 3.56. The molecule has 1 aliphatic heterocycles. The summed E-state index contributed by atoms with van der Waals surface area (Å²) in [6.45, 7) is 9.54. The molecule has 14 nitrogen and oxygen atoms in total. The molecular formula is C35H57N7O7. The number of hydrogen-bond acceptors (Lipinski definition) is 8. The van der Waals surface area contributed by atoms with E-state index >= 15 is 0 Å². The van der Waals surface area contributed by atoms with Gasteiger partial charge < -0.3 is 42.7 Å². The van der Waals surface area contributed by atoms with Gasteiger partial charge in [0.25, 0.3) is 0 Å². The lowest BCUT2D eigenvalue weighted by atomic mass is 9.96. The second-order valence-electron chi connectivity index (χ2n) is 13.5. The van der Waals surface area contributed by atoms with Crippen molar-refractivity contribution in [2.75, 3.05) is 13.1 Å². The summed E-state index contributed by atoms with van der Waals surface area (Å²) in [6, 6.07) is 3.52. The van der Waals surface area contributed by atoms with Crippen LogP contribution in [-0.2, 0) is 35.2 Å². The first-order valence-electron chi connectivity index (χ1n) is 17.4. The summed E-state index contributed by atoms with van der Waals surface area (Å²) in [4.78, 5) is 80.2. The fraction of sp³-hybridized carbons (Fsp3) is 0.657. The third kappa shape index (κ3) is 13.1. The first-order valence-corrected chi connectivity index (χ1v) is 17.4. The fourth-order valence-corrected chi connectivity index (χ4v) is 5.80. The van der Waals surface area contributed by atoms with Gasteiger partial charge in [0, 0.05) is 6.54 Å². The average molecular weight is 688 g/mol. The number of hydrogen-bond donors (Lipinski definition) is 7. The topological polar surface area (TPSA) is 226 Å². The van der Waals surface area contributed by atoms with Crippen molar-refractivity contribution in [1.29, 1.82) is 0 Å². The molecule has 1 aromatic rings. The molecule has 1 heterocycles. The Morgan fingerprint density at radius 1 is 0.898 bits per heavy atom. The Morgan fingerprint density at radius 3 is 2.14 bits per heavy atom. The van der Waals surface area contributed by atoms with E-state index in [1.165, 1.54) is 11.8 Å². The summed E-state index contributed by atoms with van der Waals surface area (Å²) in [6.07, 6.45) is 3.49. The SMILES string of the molecule is CC[C@H](C)[C@H](NC(=O)[C@H](CC(C)C)NC(=O)[C@@H]1CCCN1C(=O)[C@@H](N)Cc1ccccc1)C(=O)N[C@@H](CCCCN)C(=O)N[C@@H](C)C(=O)O. The molecule has 1 saturated heterocycles. The summed E-state index contributed by atoms with van der Waals surface area (Å²) in [5.41, 5.74) is 12.8. The highest BCUT2D eigenvalue weighted by molar-refractivity contribution is 5.96. The molecule has 5 amide bonds. The highest BCUT2D eigenvalue weighted by Crippen LogP contribution is 2.20. The number of benzene rings is 1. The zero-order valence-corrected chi connectivity index (χ0v) is 29.6. The van der Waals surface area contributed by atoms with Gasteiger partial charge in [-0.2, -0.15) is 0 Å². The van der Waals surface area contributed by atoms with Crippen molar-refractivity contribution in [2.24, 2.45) is 23.3 Å². The van der Waals surface area contributed by atoms with Gasteiger partial charge >= 0.3 is 5.97 Å². The lowest BCUT2D eigenvalue weighted by Crippen LogP contribution is -2.60. The van der Waals surface area contributed by atoms with Crippen LogP contribution in [0.5, 0.6) is 0 Å². The molecule has 9 N–H and O–H groups in total. The maximum absolute atomic E-state index is 13.8. The number of amides is 5. The van der Waals surface area contributed by atoms with E-state index in [-0.39, 0.29) is 30.6 Å². The highest BCUT2D eigenvalue weighted by Gasteiger charge is 2.39. The van der Waals surface area contributed by atoms with Gasteiger partial charge in [-0.25, -0.2) is 0 Å². The summed E-state index contributed by atoms with van der Waals surface area (Å²) in [5, 5.41) is 20.0. The van der Waals surface area contributed by atoms with E-state index in [1.54, 1.807) is 6.92 Å².